The van der Waals surface area contributed by atoms with Crippen LogP contribution in [-0.2, 0) is 13.2 Å². The number of aromatic nitrogens is 2. The molecule has 0 saturated carbocycles. The van der Waals surface area contributed by atoms with Gasteiger partial charge in [0.25, 0.3) is 11.6 Å². The monoisotopic (exact) mass is 510 g/mol. The number of hydrogen-bond acceptors (Lipinski definition) is 5. The molecule has 0 aliphatic heterocycles. The van der Waals surface area contributed by atoms with Gasteiger partial charge in [-0.25, -0.2) is 0 Å². The molecule has 0 aliphatic carbocycles. The number of nitrogens with one attached hydrogen (secondary N) is 1. The summed E-state index contributed by atoms with van der Waals surface area (Å²) in [5.41, 5.74) is 3.07. The number of benzene rings is 3. The number of aryl methyl sites for hydroxylation is 1. The van der Waals surface area contributed by atoms with E-state index in [2.05, 4.69) is 10.4 Å². The Labute approximate surface area is 211 Å². The molecule has 1 aromatic heterocycles. The van der Waals surface area contributed by atoms with E-state index in [1.165, 1.54) is 18.2 Å². The molecule has 35 heavy (non-hydrogen) atoms. The Balaban J connectivity index is 1.36. The van der Waals surface area contributed by atoms with E-state index in [0.29, 0.717) is 28.7 Å². The number of carbonyl (C=O) groups excluding carboxylic acids is 1. The summed E-state index contributed by atoms with van der Waals surface area (Å²) in [6.07, 6.45) is 0. The highest BCUT2D eigenvalue weighted by molar-refractivity contribution is 6.32. The van der Waals surface area contributed by atoms with Crippen molar-refractivity contribution in [3.8, 4) is 5.75 Å². The molecule has 0 fully saturated rings. The number of nitro groups is 1. The van der Waals surface area contributed by atoms with Crippen LogP contribution in [0.2, 0.25) is 10.0 Å². The van der Waals surface area contributed by atoms with Crippen LogP contribution in [0.5, 0.6) is 5.75 Å². The first-order chi connectivity index (χ1) is 16.8. The molecule has 0 saturated heterocycles. The van der Waals surface area contributed by atoms with Crippen molar-refractivity contribution in [2.45, 2.75) is 20.1 Å². The minimum absolute atomic E-state index is 0.109. The predicted molar refractivity (Wildman–Crippen MR) is 134 cm³/mol. The molecule has 0 aliphatic rings. The molecule has 0 spiro atoms. The Morgan fingerprint density at radius 3 is 2.51 bits per heavy atom. The fraction of sp³-hybridized carbons (Fsp3) is 0.120. The first-order valence-corrected chi connectivity index (χ1v) is 11.3. The van der Waals surface area contributed by atoms with Gasteiger partial charge >= 0.3 is 0 Å². The molecule has 4 rings (SSSR count). The summed E-state index contributed by atoms with van der Waals surface area (Å²) in [5, 5.41) is 18.9. The molecule has 0 radical (unpaired) electrons. The largest absolute Gasteiger partial charge is 0.487 e. The third-order valence-electron chi connectivity index (χ3n) is 5.18. The maximum atomic E-state index is 12.7. The summed E-state index contributed by atoms with van der Waals surface area (Å²) >= 11 is 12.1. The summed E-state index contributed by atoms with van der Waals surface area (Å²) < 4.78 is 7.45. The number of hydrogen-bond donors (Lipinski definition) is 1. The summed E-state index contributed by atoms with van der Waals surface area (Å²) in [5.74, 6) is 0.501. The number of anilines is 1. The van der Waals surface area contributed by atoms with Crippen LogP contribution < -0.4 is 10.1 Å². The van der Waals surface area contributed by atoms with Crippen LogP contribution in [0.4, 0.5) is 11.5 Å². The smallest absolute Gasteiger partial charge is 0.271 e. The van der Waals surface area contributed by atoms with Gasteiger partial charge in [0, 0.05) is 34.5 Å². The molecule has 1 N–H and O–H groups in total. The molecule has 1 amide bonds. The normalized spacial score (nSPS) is 10.7. The van der Waals surface area contributed by atoms with Crippen LogP contribution >= 0.6 is 23.2 Å². The van der Waals surface area contributed by atoms with E-state index in [9.17, 15) is 14.9 Å². The maximum absolute atomic E-state index is 12.7. The topological polar surface area (TPSA) is 99.3 Å². The van der Waals surface area contributed by atoms with Crippen molar-refractivity contribution in [1.82, 2.24) is 9.78 Å². The highest BCUT2D eigenvalue weighted by atomic mass is 35.5. The van der Waals surface area contributed by atoms with E-state index in [0.717, 1.165) is 16.8 Å². The number of ether oxygens (including phenoxy) is 1. The molecule has 0 bridgehead atoms. The Hall–Kier alpha value is -3.88. The van der Waals surface area contributed by atoms with Gasteiger partial charge in [0.2, 0.25) is 0 Å². The number of amides is 1. The van der Waals surface area contributed by atoms with Crippen LogP contribution in [0.25, 0.3) is 0 Å². The Bertz CT molecular complexity index is 1390. The number of non-ortho nitro benzene ring substituents is 1. The highest BCUT2D eigenvalue weighted by Gasteiger charge is 2.12. The quantitative estimate of drug-likeness (QED) is 0.222. The molecule has 0 unspecified atom stereocenters. The van der Waals surface area contributed by atoms with Crippen molar-refractivity contribution in [2.75, 3.05) is 5.32 Å². The number of carbonyl (C=O) groups is 1. The predicted octanol–water partition coefficient (Wildman–Crippen LogP) is 6.29. The number of rotatable bonds is 8. The second kappa shape index (κ2) is 10.6. The van der Waals surface area contributed by atoms with Crippen LogP contribution in [0.15, 0.2) is 72.8 Å². The average molecular weight is 511 g/mol. The lowest BCUT2D eigenvalue weighted by molar-refractivity contribution is -0.384. The van der Waals surface area contributed by atoms with Crippen molar-refractivity contribution in [2.24, 2.45) is 0 Å². The number of halogens is 2. The molecular formula is C25H20Cl2N4O4. The zero-order valence-corrected chi connectivity index (χ0v) is 20.1. The standard InChI is InChI=1S/C25H20Cl2N4O4/c1-16-11-24(29-30(16)14-18-3-2-4-20(26)12-18)28-25(32)19-7-5-17(6-8-19)15-35-23-10-9-21(31(33)34)13-22(23)27/h2-13H,14-15H2,1H3,(H,28,29,32). The lowest BCUT2D eigenvalue weighted by Crippen LogP contribution is -2.13. The second-order valence-corrected chi connectivity index (χ2v) is 8.61. The van der Waals surface area contributed by atoms with Crippen LogP contribution in [0.1, 0.15) is 27.2 Å². The van der Waals surface area contributed by atoms with Crippen molar-refractivity contribution < 1.29 is 14.5 Å². The summed E-state index contributed by atoms with van der Waals surface area (Å²) in [6, 6.07) is 20.2. The van der Waals surface area contributed by atoms with Gasteiger partial charge < -0.3 is 10.1 Å². The van der Waals surface area contributed by atoms with Gasteiger partial charge in [-0.15, -0.1) is 0 Å². The first-order valence-electron chi connectivity index (χ1n) is 10.5. The lowest BCUT2D eigenvalue weighted by atomic mass is 10.1. The number of nitro benzene ring substituents is 1. The van der Waals surface area contributed by atoms with Gasteiger partial charge in [0.05, 0.1) is 16.5 Å². The van der Waals surface area contributed by atoms with E-state index < -0.39 is 4.92 Å². The van der Waals surface area contributed by atoms with E-state index in [4.69, 9.17) is 27.9 Å². The molecular weight excluding hydrogens is 491 g/mol. The maximum Gasteiger partial charge on any atom is 0.271 e. The second-order valence-electron chi connectivity index (χ2n) is 7.77. The van der Waals surface area contributed by atoms with Crippen molar-refractivity contribution >= 4 is 40.6 Å². The van der Waals surface area contributed by atoms with Gasteiger partial charge in [0.1, 0.15) is 12.4 Å². The molecule has 4 aromatic rings. The van der Waals surface area contributed by atoms with Crippen LogP contribution in [-0.4, -0.2) is 20.6 Å². The minimum Gasteiger partial charge on any atom is -0.487 e. The molecule has 1 heterocycles. The molecule has 178 valence electrons. The minimum atomic E-state index is -0.523. The number of nitrogens with zero attached hydrogens (tertiary/aromatic N) is 3. The van der Waals surface area contributed by atoms with Crippen LogP contribution in [0, 0.1) is 17.0 Å². The highest BCUT2D eigenvalue weighted by Crippen LogP contribution is 2.29. The zero-order chi connectivity index (χ0) is 24.9. The Morgan fingerprint density at radius 2 is 1.83 bits per heavy atom. The third-order valence-corrected chi connectivity index (χ3v) is 5.71. The Morgan fingerprint density at radius 1 is 1.06 bits per heavy atom. The van der Waals surface area contributed by atoms with E-state index in [1.807, 2.05) is 31.2 Å². The zero-order valence-electron chi connectivity index (χ0n) is 18.6. The summed E-state index contributed by atoms with van der Waals surface area (Å²) in [4.78, 5) is 23.0. The lowest BCUT2D eigenvalue weighted by Gasteiger charge is -2.09. The SMILES string of the molecule is Cc1cc(NC(=O)c2ccc(COc3ccc([N+](=O)[O-])cc3Cl)cc2)nn1Cc1cccc(Cl)c1. The van der Waals surface area contributed by atoms with Crippen molar-refractivity contribution in [3.05, 3.63) is 115 Å². The molecule has 0 atom stereocenters. The summed E-state index contributed by atoms with van der Waals surface area (Å²) in [6.45, 7) is 2.64. The molecule has 8 nitrogen and oxygen atoms in total. The third kappa shape index (κ3) is 6.17. The first kappa shape index (κ1) is 24.3. The Kier molecular flexibility index (Phi) is 7.33. The van der Waals surface area contributed by atoms with Gasteiger partial charge in [-0.3, -0.25) is 19.6 Å². The van der Waals surface area contributed by atoms with E-state index >= 15 is 0 Å². The van der Waals surface area contributed by atoms with Gasteiger partial charge in [-0.1, -0.05) is 47.5 Å². The average Bonchev–Trinajstić information content (AvgIpc) is 3.16. The van der Waals surface area contributed by atoms with Gasteiger partial charge in [-0.05, 0) is 48.4 Å². The van der Waals surface area contributed by atoms with Gasteiger partial charge in [0.15, 0.2) is 5.82 Å². The van der Waals surface area contributed by atoms with Crippen LogP contribution in [0.3, 0.4) is 0 Å². The van der Waals surface area contributed by atoms with Gasteiger partial charge in [-0.2, -0.15) is 5.10 Å². The fourth-order valence-electron chi connectivity index (χ4n) is 3.36. The van der Waals surface area contributed by atoms with E-state index in [-0.39, 0.29) is 23.2 Å². The van der Waals surface area contributed by atoms with E-state index in [1.54, 1.807) is 35.0 Å². The fourth-order valence-corrected chi connectivity index (χ4v) is 3.80. The van der Waals surface area contributed by atoms with Crippen molar-refractivity contribution in [3.63, 3.8) is 0 Å². The molecule has 10 heteroatoms. The van der Waals surface area contributed by atoms with Crippen molar-refractivity contribution in [1.29, 1.82) is 0 Å². The summed E-state index contributed by atoms with van der Waals surface area (Å²) in [7, 11) is 0. The molecule has 3 aromatic carbocycles.